The second-order valence-corrected chi connectivity index (χ2v) is 5.91. The SMILES string of the molecule is CC(S)CNCCOCC(=O)NCC(=O)OCc1ccccc1. The number of benzene rings is 1. The highest BCUT2D eigenvalue weighted by molar-refractivity contribution is 7.80. The molecule has 128 valence electrons. The molecule has 0 aromatic heterocycles. The van der Waals surface area contributed by atoms with Crippen molar-refractivity contribution in [2.75, 3.05) is 32.8 Å². The molecule has 23 heavy (non-hydrogen) atoms. The predicted molar refractivity (Wildman–Crippen MR) is 91.4 cm³/mol. The zero-order valence-corrected chi connectivity index (χ0v) is 14.2. The maximum atomic E-state index is 11.5. The molecule has 1 atom stereocenters. The Bertz CT molecular complexity index is 468. The lowest BCUT2D eigenvalue weighted by Gasteiger charge is -2.08. The van der Waals surface area contributed by atoms with Crippen LogP contribution in [0.3, 0.4) is 0 Å². The molecule has 1 aromatic rings. The van der Waals surface area contributed by atoms with Gasteiger partial charge in [0.2, 0.25) is 5.91 Å². The minimum atomic E-state index is -0.480. The van der Waals surface area contributed by atoms with Crippen LogP contribution in [0.15, 0.2) is 30.3 Å². The van der Waals surface area contributed by atoms with Gasteiger partial charge in [0.15, 0.2) is 0 Å². The molecule has 2 N–H and O–H groups in total. The van der Waals surface area contributed by atoms with Crippen LogP contribution in [0.5, 0.6) is 0 Å². The van der Waals surface area contributed by atoms with Crippen molar-refractivity contribution in [2.45, 2.75) is 18.8 Å². The molecule has 1 amide bonds. The Morgan fingerprint density at radius 3 is 2.70 bits per heavy atom. The van der Waals surface area contributed by atoms with E-state index in [1.807, 2.05) is 37.3 Å². The third kappa shape index (κ3) is 10.7. The first-order valence-electron chi connectivity index (χ1n) is 7.50. The molecular formula is C16H24N2O4S. The molecule has 1 unspecified atom stereocenters. The van der Waals surface area contributed by atoms with E-state index in [2.05, 4.69) is 23.3 Å². The zero-order valence-electron chi connectivity index (χ0n) is 13.3. The van der Waals surface area contributed by atoms with Crippen LogP contribution in [0.2, 0.25) is 0 Å². The maximum absolute atomic E-state index is 11.5. The van der Waals surface area contributed by atoms with Gasteiger partial charge in [-0.1, -0.05) is 37.3 Å². The molecule has 0 aliphatic rings. The van der Waals surface area contributed by atoms with Gasteiger partial charge in [0.25, 0.3) is 0 Å². The molecule has 0 aliphatic carbocycles. The summed E-state index contributed by atoms with van der Waals surface area (Å²) in [7, 11) is 0. The molecule has 0 radical (unpaired) electrons. The van der Waals surface area contributed by atoms with Crippen LogP contribution in [0.1, 0.15) is 12.5 Å². The van der Waals surface area contributed by atoms with Crippen molar-refractivity contribution in [1.29, 1.82) is 0 Å². The number of carbonyl (C=O) groups is 2. The van der Waals surface area contributed by atoms with Gasteiger partial charge >= 0.3 is 5.97 Å². The average Bonchev–Trinajstić information content (AvgIpc) is 2.55. The van der Waals surface area contributed by atoms with Crippen molar-refractivity contribution in [2.24, 2.45) is 0 Å². The minimum absolute atomic E-state index is 0.0793. The third-order valence-electron chi connectivity index (χ3n) is 2.77. The highest BCUT2D eigenvalue weighted by Gasteiger charge is 2.07. The summed E-state index contributed by atoms with van der Waals surface area (Å²) in [6, 6.07) is 9.35. The first-order chi connectivity index (χ1) is 11.1. The fourth-order valence-electron chi connectivity index (χ4n) is 1.63. The van der Waals surface area contributed by atoms with E-state index in [-0.39, 0.29) is 30.9 Å². The van der Waals surface area contributed by atoms with Gasteiger partial charge in [-0.15, -0.1) is 0 Å². The quantitative estimate of drug-likeness (QED) is 0.315. The number of esters is 1. The van der Waals surface area contributed by atoms with Crippen molar-refractivity contribution in [3.8, 4) is 0 Å². The highest BCUT2D eigenvalue weighted by atomic mass is 32.1. The van der Waals surface area contributed by atoms with Crippen LogP contribution in [0, 0.1) is 0 Å². The smallest absolute Gasteiger partial charge is 0.325 e. The van der Waals surface area contributed by atoms with Crippen molar-refractivity contribution >= 4 is 24.5 Å². The molecule has 0 saturated heterocycles. The van der Waals surface area contributed by atoms with Gasteiger partial charge < -0.3 is 20.1 Å². The second-order valence-electron chi connectivity index (χ2n) is 5.03. The molecule has 0 fully saturated rings. The average molecular weight is 340 g/mol. The van der Waals surface area contributed by atoms with Gasteiger partial charge in [-0.3, -0.25) is 9.59 Å². The fraction of sp³-hybridized carbons (Fsp3) is 0.500. The van der Waals surface area contributed by atoms with Gasteiger partial charge in [-0.25, -0.2) is 0 Å². The minimum Gasteiger partial charge on any atom is -0.460 e. The molecule has 7 heteroatoms. The molecule has 1 aromatic carbocycles. The Labute approximate surface area is 142 Å². The summed E-state index contributed by atoms with van der Waals surface area (Å²) >= 11 is 4.23. The normalized spacial score (nSPS) is 11.7. The Morgan fingerprint density at radius 2 is 2.00 bits per heavy atom. The monoisotopic (exact) mass is 340 g/mol. The Hall–Kier alpha value is -1.57. The van der Waals surface area contributed by atoms with E-state index in [1.165, 1.54) is 0 Å². The van der Waals surface area contributed by atoms with Crippen LogP contribution in [0.25, 0.3) is 0 Å². The Kier molecular flexibility index (Phi) is 10.1. The van der Waals surface area contributed by atoms with E-state index in [0.717, 1.165) is 12.1 Å². The van der Waals surface area contributed by atoms with Gasteiger partial charge in [0.05, 0.1) is 6.61 Å². The number of thiol groups is 1. The van der Waals surface area contributed by atoms with Crippen LogP contribution >= 0.6 is 12.6 Å². The molecule has 0 aliphatic heterocycles. The lowest BCUT2D eigenvalue weighted by molar-refractivity contribution is -0.145. The zero-order chi connectivity index (χ0) is 16.9. The summed E-state index contributed by atoms with van der Waals surface area (Å²) in [6.45, 7) is 3.80. The van der Waals surface area contributed by atoms with Crippen molar-refractivity contribution in [1.82, 2.24) is 10.6 Å². The van der Waals surface area contributed by atoms with Gasteiger partial charge in [0.1, 0.15) is 19.8 Å². The third-order valence-corrected chi connectivity index (χ3v) is 2.95. The first-order valence-corrected chi connectivity index (χ1v) is 8.02. The van der Waals surface area contributed by atoms with Crippen molar-refractivity contribution in [3.63, 3.8) is 0 Å². The molecular weight excluding hydrogens is 316 g/mol. The molecule has 0 saturated carbocycles. The molecule has 6 nitrogen and oxygen atoms in total. The van der Waals surface area contributed by atoms with Crippen molar-refractivity contribution < 1.29 is 19.1 Å². The first kappa shape index (κ1) is 19.5. The largest absolute Gasteiger partial charge is 0.460 e. The number of carbonyl (C=O) groups excluding carboxylic acids is 2. The van der Waals surface area contributed by atoms with Crippen LogP contribution in [-0.2, 0) is 25.7 Å². The summed E-state index contributed by atoms with van der Waals surface area (Å²) in [6.07, 6.45) is 0. The van der Waals surface area contributed by atoms with E-state index < -0.39 is 5.97 Å². The van der Waals surface area contributed by atoms with E-state index in [0.29, 0.717) is 13.2 Å². The van der Waals surface area contributed by atoms with E-state index >= 15 is 0 Å². The lowest BCUT2D eigenvalue weighted by Crippen LogP contribution is -2.34. The van der Waals surface area contributed by atoms with E-state index in [4.69, 9.17) is 9.47 Å². The van der Waals surface area contributed by atoms with Gasteiger partial charge in [-0.2, -0.15) is 12.6 Å². The van der Waals surface area contributed by atoms with Crippen molar-refractivity contribution in [3.05, 3.63) is 35.9 Å². The second kappa shape index (κ2) is 11.9. The van der Waals surface area contributed by atoms with E-state index in [9.17, 15) is 9.59 Å². The van der Waals surface area contributed by atoms with Crippen LogP contribution in [-0.4, -0.2) is 50.0 Å². The Balaban J connectivity index is 2.01. The number of amides is 1. The summed E-state index contributed by atoms with van der Waals surface area (Å²) in [4.78, 5) is 23.0. The van der Waals surface area contributed by atoms with Crippen LogP contribution in [0.4, 0.5) is 0 Å². The lowest BCUT2D eigenvalue weighted by atomic mass is 10.2. The summed E-state index contributed by atoms with van der Waals surface area (Å²) < 4.78 is 10.2. The fourth-order valence-corrected chi connectivity index (χ4v) is 1.76. The van der Waals surface area contributed by atoms with E-state index in [1.54, 1.807) is 0 Å². The van der Waals surface area contributed by atoms with Gasteiger partial charge in [-0.05, 0) is 5.56 Å². The molecule has 0 spiro atoms. The maximum Gasteiger partial charge on any atom is 0.325 e. The topological polar surface area (TPSA) is 76.7 Å². The standard InChI is InChI=1S/C16H24N2O4S/c1-13(23)9-17-7-8-21-12-15(19)18-10-16(20)22-11-14-5-3-2-4-6-14/h2-6,13,17,23H,7-12H2,1H3,(H,18,19). The van der Waals surface area contributed by atoms with Gasteiger partial charge in [0, 0.05) is 18.3 Å². The number of nitrogens with one attached hydrogen (secondary N) is 2. The molecule has 0 heterocycles. The molecule has 0 bridgehead atoms. The Morgan fingerprint density at radius 1 is 1.26 bits per heavy atom. The summed E-state index contributed by atoms with van der Waals surface area (Å²) in [5.74, 6) is -0.823. The molecule has 1 rings (SSSR count). The predicted octanol–water partition coefficient (Wildman–Crippen LogP) is 0.770. The number of hydrogen-bond donors (Lipinski definition) is 3. The number of rotatable bonds is 11. The summed E-state index contributed by atoms with van der Waals surface area (Å²) in [5, 5.41) is 5.87. The highest BCUT2D eigenvalue weighted by Crippen LogP contribution is 2.00. The van der Waals surface area contributed by atoms with Crippen LogP contribution < -0.4 is 10.6 Å². The number of ether oxygens (including phenoxy) is 2. The summed E-state index contributed by atoms with van der Waals surface area (Å²) in [5.41, 5.74) is 0.901. The number of hydrogen-bond acceptors (Lipinski definition) is 6.